The molecule has 6 nitrogen and oxygen atoms in total. The Morgan fingerprint density at radius 1 is 1.32 bits per heavy atom. The van der Waals surface area contributed by atoms with Crippen molar-refractivity contribution in [2.45, 2.75) is 18.9 Å². The predicted molar refractivity (Wildman–Crippen MR) is 64.7 cm³/mol. The van der Waals surface area contributed by atoms with Crippen molar-refractivity contribution in [2.24, 2.45) is 0 Å². The number of rotatable bonds is 2. The van der Waals surface area contributed by atoms with Crippen LogP contribution in [0.25, 0.3) is 0 Å². The number of anilines is 1. The van der Waals surface area contributed by atoms with E-state index in [0.717, 1.165) is 0 Å². The van der Waals surface area contributed by atoms with Gasteiger partial charge in [0.1, 0.15) is 11.9 Å². The van der Waals surface area contributed by atoms with Gasteiger partial charge in [0.2, 0.25) is 11.8 Å². The molecule has 1 aliphatic heterocycles. The van der Waals surface area contributed by atoms with Gasteiger partial charge in [-0.1, -0.05) is 12.1 Å². The molecule has 4 amide bonds. The van der Waals surface area contributed by atoms with Crippen LogP contribution in [0.4, 0.5) is 14.9 Å². The van der Waals surface area contributed by atoms with Crippen molar-refractivity contribution in [1.29, 1.82) is 0 Å². The van der Waals surface area contributed by atoms with Crippen molar-refractivity contribution in [2.75, 3.05) is 5.32 Å². The third-order valence-electron chi connectivity index (χ3n) is 2.67. The Kier molecular flexibility index (Phi) is 3.74. The SMILES string of the molecule is O=C1CCC(NC(=O)Nc2ccccc2F)C(=O)N1. The number of imide groups is 1. The van der Waals surface area contributed by atoms with E-state index >= 15 is 0 Å². The summed E-state index contributed by atoms with van der Waals surface area (Å²) >= 11 is 0. The molecule has 1 unspecified atom stereocenters. The van der Waals surface area contributed by atoms with Crippen molar-refractivity contribution in [3.63, 3.8) is 0 Å². The predicted octanol–water partition coefficient (Wildman–Crippen LogP) is 0.752. The maximum Gasteiger partial charge on any atom is 0.319 e. The van der Waals surface area contributed by atoms with Crippen molar-refractivity contribution in [3.05, 3.63) is 30.1 Å². The molecule has 7 heteroatoms. The molecule has 0 bridgehead atoms. The molecule has 1 aromatic rings. The van der Waals surface area contributed by atoms with Crippen molar-refractivity contribution in [1.82, 2.24) is 10.6 Å². The van der Waals surface area contributed by atoms with Crippen molar-refractivity contribution in [3.8, 4) is 0 Å². The molecule has 0 saturated carbocycles. The van der Waals surface area contributed by atoms with Gasteiger partial charge in [0, 0.05) is 6.42 Å². The van der Waals surface area contributed by atoms with Crippen molar-refractivity contribution < 1.29 is 18.8 Å². The van der Waals surface area contributed by atoms with E-state index in [9.17, 15) is 18.8 Å². The second-order valence-electron chi connectivity index (χ2n) is 4.08. The Morgan fingerprint density at radius 2 is 2.05 bits per heavy atom. The smallest absolute Gasteiger partial charge is 0.319 e. The number of carbonyl (C=O) groups excluding carboxylic acids is 3. The molecule has 1 fully saturated rings. The van der Waals surface area contributed by atoms with Gasteiger partial charge in [-0.2, -0.15) is 0 Å². The number of nitrogens with one attached hydrogen (secondary N) is 3. The maximum atomic E-state index is 13.3. The number of urea groups is 1. The molecule has 0 spiro atoms. The van der Waals surface area contributed by atoms with Gasteiger partial charge in [0.15, 0.2) is 0 Å². The van der Waals surface area contributed by atoms with Gasteiger partial charge in [0.05, 0.1) is 5.69 Å². The highest BCUT2D eigenvalue weighted by molar-refractivity contribution is 6.02. The second kappa shape index (κ2) is 5.47. The molecule has 100 valence electrons. The number of benzene rings is 1. The summed E-state index contributed by atoms with van der Waals surface area (Å²) in [4.78, 5) is 33.9. The molecule has 0 aliphatic carbocycles. The van der Waals surface area contributed by atoms with E-state index in [1.807, 2.05) is 0 Å². The van der Waals surface area contributed by atoms with E-state index in [4.69, 9.17) is 0 Å². The average molecular weight is 265 g/mol. The van der Waals surface area contributed by atoms with Gasteiger partial charge in [-0.15, -0.1) is 0 Å². The highest BCUT2D eigenvalue weighted by atomic mass is 19.1. The number of carbonyl (C=O) groups is 3. The van der Waals surface area contributed by atoms with Crippen LogP contribution in [0.5, 0.6) is 0 Å². The van der Waals surface area contributed by atoms with Crippen LogP contribution in [-0.4, -0.2) is 23.9 Å². The van der Waals surface area contributed by atoms with Gasteiger partial charge in [-0.3, -0.25) is 14.9 Å². The quantitative estimate of drug-likeness (QED) is 0.690. The minimum Gasteiger partial charge on any atom is -0.326 e. The minimum absolute atomic E-state index is 0.0206. The molecular weight excluding hydrogens is 253 g/mol. The standard InChI is InChI=1S/C12H12FN3O3/c13-7-3-1-2-4-8(7)14-12(19)15-9-5-6-10(17)16-11(9)18/h1-4,9H,5-6H2,(H2,14,15,19)(H,16,17,18). The lowest BCUT2D eigenvalue weighted by molar-refractivity contribution is -0.134. The summed E-state index contributed by atoms with van der Waals surface area (Å²) in [6.07, 6.45) is 0.395. The molecular formula is C12H12FN3O3. The summed E-state index contributed by atoms with van der Waals surface area (Å²) in [6, 6.07) is 4.20. The normalized spacial score (nSPS) is 18.7. The monoisotopic (exact) mass is 265 g/mol. The van der Waals surface area contributed by atoms with Crippen molar-refractivity contribution >= 4 is 23.5 Å². The summed E-state index contributed by atoms with van der Waals surface area (Å²) in [5.74, 6) is -1.49. The van der Waals surface area contributed by atoms with E-state index < -0.39 is 23.8 Å². The summed E-state index contributed by atoms with van der Waals surface area (Å²) in [5.41, 5.74) is 0.0206. The zero-order valence-electron chi connectivity index (χ0n) is 9.90. The number of halogens is 1. The van der Waals surface area contributed by atoms with Crippen LogP contribution < -0.4 is 16.0 Å². The lowest BCUT2D eigenvalue weighted by atomic mass is 10.1. The summed E-state index contributed by atoms with van der Waals surface area (Å²) in [5, 5.41) is 6.80. The first-order valence-corrected chi connectivity index (χ1v) is 5.72. The molecule has 2 rings (SSSR count). The molecule has 19 heavy (non-hydrogen) atoms. The summed E-state index contributed by atoms with van der Waals surface area (Å²) < 4.78 is 13.3. The van der Waals surface area contributed by atoms with E-state index in [1.165, 1.54) is 18.2 Å². The molecule has 3 N–H and O–H groups in total. The van der Waals surface area contributed by atoms with Crippen LogP contribution in [-0.2, 0) is 9.59 Å². The van der Waals surface area contributed by atoms with Gasteiger partial charge >= 0.3 is 6.03 Å². The number of hydrogen-bond donors (Lipinski definition) is 3. The fourth-order valence-corrected chi connectivity index (χ4v) is 1.71. The Morgan fingerprint density at radius 3 is 2.74 bits per heavy atom. The molecule has 1 saturated heterocycles. The van der Waals surface area contributed by atoms with Crippen LogP contribution in [0.2, 0.25) is 0 Å². The number of para-hydroxylation sites is 1. The lowest BCUT2D eigenvalue weighted by Gasteiger charge is -2.21. The van der Waals surface area contributed by atoms with E-state index in [0.29, 0.717) is 0 Å². The van der Waals surface area contributed by atoms with E-state index in [2.05, 4.69) is 16.0 Å². The maximum absolute atomic E-state index is 13.3. The molecule has 1 aromatic carbocycles. The largest absolute Gasteiger partial charge is 0.326 e. The zero-order chi connectivity index (χ0) is 13.8. The Bertz CT molecular complexity index is 533. The average Bonchev–Trinajstić information content (AvgIpc) is 2.36. The fraction of sp³-hybridized carbons (Fsp3) is 0.250. The first-order chi connectivity index (χ1) is 9.06. The Labute approximate surface area is 108 Å². The van der Waals surface area contributed by atoms with Crippen LogP contribution in [0.1, 0.15) is 12.8 Å². The van der Waals surface area contributed by atoms with Gasteiger partial charge < -0.3 is 10.6 Å². The topological polar surface area (TPSA) is 87.3 Å². The molecule has 1 heterocycles. The van der Waals surface area contributed by atoms with Gasteiger partial charge in [0.25, 0.3) is 0 Å². The van der Waals surface area contributed by atoms with Crippen LogP contribution >= 0.6 is 0 Å². The molecule has 0 aromatic heterocycles. The third kappa shape index (κ3) is 3.27. The first-order valence-electron chi connectivity index (χ1n) is 5.72. The number of amides is 4. The number of hydrogen-bond acceptors (Lipinski definition) is 3. The Hall–Kier alpha value is -2.44. The van der Waals surface area contributed by atoms with Crippen LogP contribution in [0.3, 0.4) is 0 Å². The Balaban J connectivity index is 1.93. The fourth-order valence-electron chi connectivity index (χ4n) is 1.71. The molecule has 1 aliphatic rings. The van der Waals surface area contributed by atoms with E-state index in [1.54, 1.807) is 6.07 Å². The van der Waals surface area contributed by atoms with Gasteiger partial charge in [-0.05, 0) is 18.6 Å². The van der Waals surface area contributed by atoms with Crippen LogP contribution in [0.15, 0.2) is 24.3 Å². The second-order valence-corrected chi connectivity index (χ2v) is 4.08. The first kappa shape index (κ1) is 13.0. The number of piperidine rings is 1. The van der Waals surface area contributed by atoms with Gasteiger partial charge in [-0.25, -0.2) is 9.18 Å². The third-order valence-corrected chi connectivity index (χ3v) is 2.67. The van der Waals surface area contributed by atoms with Crippen LogP contribution in [0, 0.1) is 5.82 Å². The summed E-state index contributed by atoms with van der Waals surface area (Å²) in [6.45, 7) is 0. The minimum atomic E-state index is -0.788. The highest BCUT2D eigenvalue weighted by Gasteiger charge is 2.27. The highest BCUT2D eigenvalue weighted by Crippen LogP contribution is 2.12. The molecule has 1 atom stereocenters. The van der Waals surface area contributed by atoms with E-state index in [-0.39, 0.29) is 24.4 Å². The molecule has 0 radical (unpaired) electrons. The lowest BCUT2D eigenvalue weighted by Crippen LogP contribution is -2.53. The summed E-state index contributed by atoms with van der Waals surface area (Å²) in [7, 11) is 0. The zero-order valence-corrected chi connectivity index (χ0v) is 9.90.